The van der Waals surface area contributed by atoms with Crippen LogP contribution in [0, 0.1) is 11.6 Å². The molecule has 0 spiro atoms. The van der Waals surface area contributed by atoms with E-state index in [0.29, 0.717) is 18.4 Å². The van der Waals surface area contributed by atoms with Crippen molar-refractivity contribution in [2.75, 3.05) is 0 Å². The van der Waals surface area contributed by atoms with Gasteiger partial charge < -0.3 is 0 Å². The maximum Gasteiger partial charge on any atom is 0.159 e. The van der Waals surface area contributed by atoms with E-state index >= 15 is 0 Å². The van der Waals surface area contributed by atoms with Gasteiger partial charge in [-0.05, 0) is 42.7 Å². The quantitative estimate of drug-likeness (QED) is 0.657. The number of rotatable bonds is 5. The van der Waals surface area contributed by atoms with E-state index in [4.69, 9.17) is 17.4 Å². The van der Waals surface area contributed by atoms with E-state index in [1.54, 1.807) is 6.07 Å². The molecule has 2 rings (SSSR count). The Morgan fingerprint density at radius 1 is 1.16 bits per heavy atom. The molecule has 1 aromatic heterocycles. The zero-order chi connectivity index (χ0) is 13.8. The molecule has 0 aliphatic carbocycles. The van der Waals surface area contributed by atoms with Gasteiger partial charge in [-0.2, -0.15) is 0 Å². The molecule has 0 amide bonds. The Morgan fingerprint density at radius 3 is 2.53 bits per heavy atom. The molecular formula is C13H13ClF2N2S. The summed E-state index contributed by atoms with van der Waals surface area (Å²) >= 11 is 7.34. The lowest BCUT2D eigenvalue weighted by atomic mass is 10.0. The van der Waals surface area contributed by atoms with Crippen LogP contribution in [0.25, 0.3) is 0 Å². The lowest BCUT2D eigenvalue weighted by Crippen LogP contribution is -2.38. The number of nitrogens with two attached hydrogens (primary N) is 1. The van der Waals surface area contributed by atoms with Crippen LogP contribution in [0.3, 0.4) is 0 Å². The van der Waals surface area contributed by atoms with Crippen molar-refractivity contribution < 1.29 is 8.78 Å². The Balaban J connectivity index is 2.04. The average Bonchev–Trinajstić information content (AvgIpc) is 2.78. The number of halogens is 3. The molecule has 2 aromatic rings. The highest BCUT2D eigenvalue weighted by Crippen LogP contribution is 2.23. The molecule has 0 fully saturated rings. The minimum atomic E-state index is -0.842. The zero-order valence-electron chi connectivity index (χ0n) is 10.00. The van der Waals surface area contributed by atoms with Gasteiger partial charge in [0.15, 0.2) is 11.6 Å². The third-order valence-electron chi connectivity index (χ3n) is 2.78. The van der Waals surface area contributed by atoms with Crippen molar-refractivity contribution >= 4 is 22.9 Å². The van der Waals surface area contributed by atoms with Gasteiger partial charge in [-0.15, -0.1) is 11.3 Å². The second-order valence-electron chi connectivity index (χ2n) is 4.23. The maximum absolute atomic E-state index is 13.1. The summed E-state index contributed by atoms with van der Waals surface area (Å²) in [6, 6.07) is 7.58. The SMILES string of the molecule is NNC(Cc1ccc(F)c(F)c1)Cc1ccc(Cl)s1. The molecule has 1 atom stereocenters. The topological polar surface area (TPSA) is 38.0 Å². The van der Waals surface area contributed by atoms with Gasteiger partial charge in [-0.3, -0.25) is 11.3 Å². The molecular weight excluding hydrogens is 290 g/mol. The summed E-state index contributed by atoms with van der Waals surface area (Å²) in [4.78, 5) is 1.09. The van der Waals surface area contributed by atoms with Crippen molar-refractivity contribution in [2.24, 2.45) is 5.84 Å². The minimum Gasteiger partial charge on any atom is -0.271 e. The van der Waals surface area contributed by atoms with Crippen LogP contribution in [0.15, 0.2) is 30.3 Å². The molecule has 1 aromatic carbocycles. The molecule has 0 saturated heterocycles. The highest BCUT2D eigenvalue weighted by Gasteiger charge is 2.12. The van der Waals surface area contributed by atoms with Crippen molar-refractivity contribution in [2.45, 2.75) is 18.9 Å². The fourth-order valence-electron chi connectivity index (χ4n) is 1.85. The standard InChI is InChI=1S/C13H13ClF2N2S/c14-13-4-2-10(19-13)7-9(18-17)5-8-1-3-11(15)12(16)6-8/h1-4,6,9,18H,5,7,17H2. The molecule has 0 saturated carbocycles. The number of nitrogens with one attached hydrogen (secondary N) is 1. The van der Waals surface area contributed by atoms with Crippen LogP contribution in [0.4, 0.5) is 8.78 Å². The molecule has 6 heteroatoms. The van der Waals surface area contributed by atoms with Crippen molar-refractivity contribution in [1.29, 1.82) is 0 Å². The maximum atomic E-state index is 13.1. The van der Waals surface area contributed by atoms with Gasteiger partial charge >= 0.3 is 0 Å². The summed E-state index contributed by atoms with van der Waals surface area (Å²) in [6.07, 6.45) is 1.20. The average molecular weight is 303 g/mol. The Morgan fingerprint density at radius 2 is 1.95 bits per heavy atom. The molecule has 0 aliphatic rings. The Hall–Kier alpha value is -1.01. The van der Waals surface area contributed by atoms with Crippen molar-refractivity contribution in [3.8, 4) is 0 Å². The van der Waals surface area contributed by atoms with Gasteiger partial charge in [-0.25, -0.2) is 8.78 Å². The molecule has 3 N–H and O–H groups in total. The molecule has 1 heterocycles. The number of thiophene rings is 1. The van der Waals surface area contributed by atoms with Crippen LogP contribution < -0.4 is 11.3 Å². The van der Waals surface area contributed by atoms with Crippen LogP contribution in [0.1, 0.15) is 10.4 Å². The van der Waals surface area contributed by atoms with Crippen molar-refractivity contribution in [3.63, 3.8) is 0 Å². The van der Waals surface area contributed by atoms with Gasteiger partial charge in [0.25, 0.3) is 0 Å². The second-order valence-corrected chi connectivity index (χ2v) is 6.03. The van der Waals surface area contributed by atoms with Crippen LogP contribution in [0.5, 0.6) is 0 Å². The predicted molar refractivity (Wildman–Crippen MR) is 74.2 cm³/mol. The lowest BCUT2D eigenvalue weighted by molar-refractivity contribution is 0.499. The van der Waals surface area contributed by atoms with Crippen molar-refractivity contribution in [1.82, 2.24) is 5.43 Å². The fourth-order valence-corrected chi connectivity index (χ4v) is 3.01. The van der Waals surface area contributed by atoms with Crippen LogP contribution >= 0.6 is 22.9 Å². The first-order valence-corrected chi connectivity index (χ1v) is 6.92. The molecule has 0 bridgehead atoms. The summed E-state index contributed by atoms with van der Waals surface area (Å²) < 4.78 is 26.7. The summed E-state index contributed by atoms with van der Waals surface area (Å²) in [5.41, 5.74) is 3.39. The van der Waals surface area contributed by atoms with E-state index in [9.17, 15) is 8.78 Å². The van der Waals surface area contributed by atoms with Crippen LogP contribution in [-0.2, 0) is 12.8 Å². The van der Waals surface area contributed by atoms with Gasteiger partial charge in [0.05, 0.1) is 4.34 Å². The molecule has 0 radical (unpaired) electrons. The van der Waals surface area contributed by atoms with Gasteiger partial charge in [0.2, 0.25) is 0 Å². The van der Waals surface area contributed by atoms with Gasteiger partial charge in [-0.1, -0.05) is 17.7 Å². The van der Waals surface area contributed by atoms with E-state index in [2.05, 4.69) is 5.43 Å². The number of hydrogen-bond acceptors (Lipinski definition) is 3. The summed E-state index contributed by atoms with van der Waals surface area (Å²) in [6.45, 7) is 0. The smallest absolute Gasteiger partial charge is 0.159 e. The van der Waals surface area contributed by atoms with E-state index in [0.717, 1.165) is 15.3 Å². The number of hydrogen-bond donors (Lipinski definition) is 2. The fraction of sp³-hybridized carbons (Fsp3) is 0.231. The van der Waals surface area contributed by atoms with E-state index in [1.807, 2.05) is 12.1 Å². The van der Waals surface area contributed by atoms with Gasteiger partial charge in [0.1, 0.15) is 0 Å². The van der Waals surface area contributed by atoms with E-state index in [1.165, 1.54) is 17.4 Å². The lowest BCUT2D eigenvalue weighted by Gasteiger charge is -2.15. The summed E-state index contributed by atoms with van der Waals surface area (Å²) in [7, 11) is 0. The Kier molecular flexibility index (Phi) is 4.87. The minimum absolute atomic E-state index is 0.0559. The van der Waals surface area contributed by atoms with Crippen molar-refractivity contribution in [3.05, 3.63) is 56.7 Å². The summed E-state index contributed by atoms with van der Waals surface area (Å²) in [5, 5.41) is 0. The number of hydrazine groups is 1. The second kappa shape index (κ2) is 6.43. The monoisotopic (exact) mass is 302 g/mol. The zero-order valence-corrected chi connectivity index (χ0v) is 11.6. The normalized spacial score (nSPS) is 12.6. The molecule has 102 valence electrons. The van der Waals surface area contributed by atoms with Gasteiger partial charge in [0, 0.05) is 10.9 Å². The van der Waals surface area contributed by atoms with E-state index in [-0.39, 0.29) is 6.04 Å². The molecule has 1 unspecified atom stereocenters. The summed E-state index contributed by atoms with van der Waals surface area (Å²) in [5.74, 6) is 3.82. The third kappa shape index (κ3) is 3.98. The largest absolute Gasteiger partial charge is 0.271 e. The molecule has 2 nitrogen and oxygen atoms in total. The first kappa shape index (κ1) is 14.4. The predicted octanol–water partition coefficient (Wildman–Crippen LogP) is 3.30. The van der Waals surface area contributed by atoms with E-state index < -0.39 is 11.6 Å². The third-order valence-corrected chi connectivity index (χ3v) is 4.03. The first-order chi connectivity index (χ1) is 9.08. The first-order valence-electron chi connectivity index (χ1n) is 5.72. The van der Waals surface area contributed by atoms with Crippen LogP contribution in [0.2, 0.25) is 4.34 Å². The molecule has 19 heavy (non-hydrogen) atoms. The number of benzene rings is 1. The molecule has 0 aliphatic heterocycles. The highest BCUT2D eigenvalue weighted by molar-refractivity contribution is 7.16. The Labute approximate surface area is 119 Å². The van der Waals surface area contributed by atoms with Crippen LogP contribution in [-0.4, -0.2) is 6.04 Å². The Bertz CT molecular complexity index is 559. The highest BCUT2D eigenvalue weighted by atomic mass is 35.5.